The van der Waals surface area contributed by atoms with Crippen LogP contribution in [0.3, 0.4) is 0 Å². The van der Waals surface area contributed by atoms with Crippen molar-refractivity contribution in [3.8, 4) is 0 Å². The Labute approximate surface area is 133 Å². The van der Waals surface area contributed by atoms with Crippen molar-refractivity contribution in [1.82, 2.24) is 19.4 Å². The summed E-state index contributed by atoms with van der Waals surface area (Å²) in [7, 11) is 0. The second-order valence-electron chi connectivity index (χ2n) is 4.86. The van der Waals surface area contributed by atoms with Crippen LogP contribution in [0.15, 0.2) is 16.7 Å². The van der Waals surface area contributed by atoms with Gasteiger partial charge >= 0.3 is 0 Å². The monoisotopic (exact) mass is 358 g/mol. The van der Waals surface area contributed by atoms with Crippen molar-refractivity contribution in [3.05, 3.63) is 22.6 Å². The molecule has 20 heavy (non-hydrogen) atoms. The largest absolute Gasteiger partial charge is 0.308 e. The van der Waals surface area contributed by atoms with Gasteiger partial charge in [-0.2, -0.15) is 0 Å². The zero-order valence-corrected chi connectivity index (χ0v) is 14.4. The highest BCUT2D eigenvalue weighted by atomic mass is 79.9. The summed E-state index contributed by atoms with van der Waals surface area (Å²) in [5, 5.41) is 0. The predicted molar refractivity (Wildman–Crippen MR) is 87.3 cm³/mol. The lowest BCUT2D eigenvalue weighted by Crippen LogP contribution is -2.30. The molecule has 2 aromatic rings. The highest BCUT2D eigenvalue weighted by Gasteiger charge is 2.18. The molecular weight excluding hydrogens is 340 g/mol. The van der Waals surface area contributed by atoms with Crippen LogP contribution in [-0.4, -0.2) is 39.1 Å². The fourth-order valence-electron chi connectivity index (χ4n) is 2.50. The normalized spacial score (nSPS) is 13.3. The molecule has 1 atom stereocenters. The number of rotatable bonds is 6. The number of imidazole rings is 1. The first-order valence-corrected chi connectivity index (χ1v) is 8.24. The van der Waals surface area contributed by atoms with Gasteiger partial charge in [0, 0.05) is 23.3 Å². The van der Waals surface area contributed by atoms with Crippen molar-refractivity contribution in [2.24, 2.45) is 0 Å². The maximum atomic E-state index is 6.06. The van der Waals surface area contributed by atoms with E-state index in [1.165, 1.54) is 0 Å². The minimum absolute atomic E-state index is 0.294. The number of halogens is 2. The molecule has 4 nitrogen and oxygen atoms in total. The van der Waals surface area contributed by atoms with Crippen LogP contribution in [0.4, 0.5) is 0 Å². The molecule has 0 spiro atoms. The van der Waals surface area contributed by atoms with E-state index in [9.17, 15) is 0 Å². The lowest BCUT2D eigenvalue weighted by molar-refractivity contribution is 0.261. The van der Waals surface area contributed by atoms with Gasteiger partial charge in [0.1, 0.15) is 11.3 Å². The van der Waals surface area contributed by atoms with E-state index in [0.717, 1.165) is 41.1 Å². The lowest BCUT2D eigenvalue weighted by Gasteiger charge is -2.24. The van der Waals surface area contributed by atoms with Crippen molar-refractivity contribution in [2.45, 2.75) is 32.7 Å². The molecular formula is C14H20BrClN4. The van der Waals surface area contributed by atoms with Gasteiger partial charge < -0.3 is 9.47 Å². The van der Waals surface area contributed by atoms with Gasteiger partial charge in [0.05, 0.1) is 5.88 Å². The van der Waals surface area contributed by atoms with Crippen molar-refractivity contribution in [1.29, 1.82) is 0 Å². The van der Waals surface area contributed by atoms with Crippen LogP contribution >= 0.6 is 27.5 Å². The standard InChI is InChI=1S/C14H20BrClN4/c1-4-19(5-2)9-10(3)20-13(7-16)18-12-6-11(15)8-17-14(12)20/h6,8,10H,4-5,7,9H2,1-3H3. The van der Waals surface area contributed by atoms with Crippen LogP contribution in [-0.2, 0) is 5.88 Å². The zero-order chi connectivity index (χ0) is 14.7. The SMILES string of the molecule is CCN(CC)CC(C)n1c(CCl)nc2cc(Br)cnc21. The molecule has 1 unspecified atom stereocenters. The van der Waals surface area contributed by atoms with Crippen LogP contribution < -0.4 is 0 Å². The molecule has 0 aliphatic heterocycles. The Hall–Kier alpha value is -0.650. The molecule has 0 saturated heterocycles. The number of hydrogen-bond acceptors (Lipinski definition) is 3. The average molecular weight is 360 g/mol. The van der Waals surface area contributed by atoms with Crippen LogP contribution in [0.25, 0.3) is 11.2 Å². The Morgan fingerprint density at radius 2 is 2.10 bits per heavy atom. The minimum Gasteiger partial charge on any atom is -0.308 e. The summed E-state index contributed by atoms with van der Waals surface area (Å²) in [5.74, 6) is 1.28. The molecule has 0 aliphatic rings. The van der Waals surface area contributed by atoms with Gasteiger partial charge in [0.2, 0.25) is 0 Å². The Kier molecular flexibility index (Phi) is 5.41. The minimum atomic E-state index is 0.294. The van der Waals surface area contributed by atoms with Crippen molar-refractivity contribution < 1.29 is 0 Å². The Morgan fingerprint density at radius 1 is 1.40 bits per heavy atom. The molecule has 0 fully saturated rings. The molecule has 0 radical (unpaired) electrons. The average Bonchev–Trinajstić information content (AvgIpc) is 2.81. The van der Waals surface area contributed by atoms with Gasteiger partial charge in [-0.05, 0) is 42.0 Å². The highest BCUT2D eigenvalue weighted by Crippen LogP contribution is 2.23. The molecule has 0 aromatic carbocycles. The van der Waals surface area contributed by atoms with Gasteiger partial charge in [0.25, 0.3) is 0 Å². The van der Waals surface area contributed by atoms with Crippen LogP contribution in [0.5, 0.6) is 0 Å². The third-order valence-electron chi connectivity index (χ3n) is 3.55. The predicted octanol–water partition coefficient (Wildman–Crippen LogP) is 3.84. The quantitative estimate of drug-likeness (QED) is 0.735. The molecule has 0 aliphatic carbocycles. The molecule has 110 valence electrons. The number of likely N-dealkylation sites (N-methyl/N-ethyl adjacent to an activating group) is 1. The van der Waals surface area contributed by atoms with Crippen LogP contribution in [0.1, 0.15) is 32.6 Å². The summed E-state index contributed by atoms with van der Waals surface area (Å²) in [6.07, 6.45) is 1.81. The molecule has 2 rings (SSSR count). The maximum Gasteiger partial charge on any atom is 0.160 e. The number of alkyl halides is 1. The summed E-state index contributed by atoms with van der Waals surface area (Å²) in [6.45, 7) is 9.62. The van der Waals surface area contributed by atoms with E-state index in [0.29, 0.717) is 11.9 Å². The maximum absolute atomic E-state index is 6.06. The molecule has 6 heteroatoms. The van der Waals surface area contributed by atoms with Crippen molar-refractivity contribution >= 4 is 38.7 Å². The molecule has 0 bridgehead atoms. The summed E-state index contributed by atoms with van der Waals surface area (Å²) < 4.78 is 3.10. The zero-order valence-electron chi connectivity index (χ0n) is 12.1. The van der Waals surface area contributed by atoms with E-state index in [1.54, 1.807) is 0 Å². The van der Waals surface area contributed by atoms with E-state index in [4.69, 9.17) is 11.6 Å². The second kappa shape index (κ2) is 6.87. The molecule has 2 aromatic heterocycles. The number of pyridine rings is 1. The van der Waals surface area contributed by atoms with E-state index >= 15 is 0 Å². The summed E-state index contributed by atoms with van der Waals surface area (Å²) in [5.41, 5.74) is 1.80. The van der Waals surface area contributed by atoms with Gasteiger partial charge in [-0.1, -0.05) is 13.8 Å². The molecule has 0 saturated carbocycles. The first-order valence-electron chi connectivity index (χ1n) is 6.91. The van der Waals surface area contributed by atoms with Gasteiger partial charge in [-0.15, -0.1) is 11.6 Å². The summed E-state index contributed by atoms with van der Waals surface area (Å²) in [4.78, 5) is 11.5. The number of hydrogen-bond donors (Lipinski definition) is 0. The fourth-order valence-corrected chi connectivity index (χ4v) is 3.01. The van der Waals surface area contributed by atoms with Crippen molar-refractivity contribution in [2.75, 3.05) is 19.6 Å². The van der Waals surface area contributed by atoms with Gasteiger partial charge in [0.15, 0.2) is 5.65 Å². The van der Waals surface area contributed by atoms with Crippen LogP contribution in [0.2, 0.25) is 0 Å². The van der Waals surface area contributed by atoms with Crippen molar-refractivity contribution in [3.63, 3.8) is 0 Å². The van der Waals surface area contributed by atoms with E-state index in [2.05, 4.69) is 56.1 Å². The Morgan fingerprint density at radius 3 is 2.70 bits per heavy atom. The summed E-state index contributed by atoms with van der Waals surface area (Å²) in [6, 6.07) is 2.28. The number of aromatic nitrogens is 3. The summed E-state index contributed by atoms with van der Waals surface area (Å²) >= 11 is 9.49. The Bertz CT molecular complexity index is 580. The Balaban J connectivity index is 2.41. The van der Waals surface area contributed by atoms with Crippen LogP contribution in [0, 0.1) is 0 Å². The van der Waals surface area contributed by atoms with Gasteiger partial charge in [-0.3, -0.25) is 0 Å². The first kappa shape index (κ1) is 15.7. The number of nitrogens with zero attached hydrogens (tertiary/aromatic N) is 4. The smallest absolute Gasteiger partial charge is 0.160 e. The van der Waals surface area contributed by atoms with E-state index in [1.807, 2.05) is 12.3 Å². The number of fused-ring (bicyclic) bond motifs is 1. The second-order valence-corrected chi connectivity index (χ2v) is 6.05. The lowest BCUT2D eigenvalue weighted by atomic mass is 10.3. The topological polar surface area (TPSA) is 34.0 Å². The highest BCUT2D eigenvalue weighted by molar-refractivity contribution is 9.10. The fraction of sp³-hybridized carbons (Fsp3) is 0.571. The molecule has 0 amide bonds. The first-order chi connectivity index (χ1) is 9.60. The van der Waals surface area contributed by atoms with E-state index in [-0.39, 0.29) is 0 Å². The van der Waals surface area contributed by atoms with E-state index < -0.39 is 0 Å². The molecule has 2 heterocycles. The third-order valence-corrected chi connectivity index (χ3v) is 4.22. The third kappa shape index (κ3) is 3.15. The van der Waals surface area contributed by atoms with Gasteiger partial charge in [-0.25, -0.2) is 9.97 Å². The molecule has 0 N–H and O–H groups in total.